The number of amidine groups is 1. The lowest BCUT2D eigenvalue weighted by Crippen LogP contribution is -2.07. The number of hydrogen-bond donors (Lipinski definition) is 1. The fourth-order valence-electron chi connectivity index (χ4n) is 2.47. The maximum absolute atomic E-state index is 11.8. The summed E-state index contributed by atoms with van der Waals surface area (Å²) in [4.78, 5) is 16.2. The molecule has 0 fully saturated rings. The van der Waals surface area contributed by atoms with E-state index in [4.69, 9.17) is 14.9 Å². The van der Waals surface area contributed by atoms with Crippen LogP contribution in [0.4, 0.5) is 5.69 Å². The van der Waals surface area contributed by atoms with Crippen molar-refractivity contribution in [1.82, 2.24) is 0 Å². The molecule has 2 N–H and O–H groups in total. The summed E-state index contributed by atoms with van der Waals surface area (Å²) in [5.74, 6) is 1.16. The number of rotatable bonds is 4. The first-order valence-electron chi connectivity index (χ1n) is 7.69. The molecule has 1 heterocycles. The predicted molar refractivity (Wildman–Crippen MR) is 103 cm³/mol. The lowest BCUT2D eigenvalue weighted by Gasteiger charge is -2.07. The quantitative estimate of drug-likeness (QED) is 0.435. The highest BCUT2D eigenvalue weighted by Crippen LogP contribution is 2.25. The van der Waals surface area contributed by atoms with E-state index in [0.717, 1.165) is 22.2 Å². The largest absolute Gasteiger partial charge is 0.497 e. The Morgan fingerprint density at radius 2 is 2.08 bits per heavy atom. The first-order valence-corrected chi connectivity index (χ1v) is 8.68. The summed E-state index contributed by atoms with van der Waals surface area (Å²) in [6.07, 6.45) is 0. The summed E-state index contributed by atoms with van der Waals surface area (Å²) >= 11 is 1.38. The monoisotopic (exact) mass is 354 g/mol. The molecule has 1 aromatic heterocycles. The lowest BCUT2D eigenvalue weighted by molar-refractivity contribution is 0.414. The van der Waals surface area contributed by atoms with Crippen molar-refractivity contribution in [1.29, 1.82) is 0 Å². The van der Waals surface area contributed by atoms with Gasteiger partial charge in [-0.1, -0.05) is 23.9 Å². The smallest absolute Gasteiger partial charge is 0.336 e. The fraction of sp³-hybridized carbons (Fsp3) is 0.158. The van der Waals surface area contributed by atoms with Gasteiger partial charge in [0.1, 0.15) is 11.3 Å². The second-order valence-corrected chi connectivity index (χ2v) is 6.53. The standard InChI is InChI=1S/C19H18N2O3S/c1-12-4-3-5-14(8-12)21-19(20)25-11-13-9-18(22)24-17-10-15(23-2)6-7-16(13)17/h3-10H,11H2,1-2H3,(H2,20,21). The highest BCUT2D eigenvalue weighted by molar-refractivity contribution is 8.13. The van der Waals surface area contributed by atoms with Gasteiger partial charge in [-0.3, -0.25) is 0 Å². The number of fused-ring (bicyclic) bond motifs is 1. The number of aliphatic imine (C=N–C) groups is 1. The van der Waals surface area contributed by atoms with E-state index in [1.807, 2.05) is 43.3 Å². The number of thioether (sulfide) groups is 1. The van der Waals surface area contributed by atoms with Gasteiger partial charge in [0, 0.05) is 23.3 Å². The predicted octanol–water partition coefficient (Wildman–Crippen LogP) is 3.99. The van der Waals surface area contributed by atoms with Crippen LogP contribution in [0.25, 0.3) is 11.0 Å². The molecule has 0 spiro atoms. The maximum atomic E-state index is 11.8. The zero-order valence-electron chi connectivity index (χ0n) is 14.0. The van der Waals surface area contributed by atoms with Gasteiger partial charge in [-0.2, -0.15) is 0 Å². The van der Waals surface area contributed by atoms with Crippen molar-refractivity contribution in [3.8, 4) is 5.75 Å². The summed E-state index contributed by atoms with van der Waals surface area (Å²) in [6, 6.07) is 14.7. The number of benzene rings is 2. The molecule has 0 aliphatic carbocycles. The molecule has 0 aliphatic heterocycles. The van der Waals surface area contributed by atoms with Crippen LogP contribution in [-0.2, 0) is 5.75 Å². The molecule has 3 aromatic rings. The molecular weight excluding hydrogens is 336 g/mol. The average molecular weight is 354 g/mol. The SMILES string of the molecule is COc1ccc2c(CSC(N)=Nc3cccc(C)c3)cc(=O)oc2c1. The minimum atomic E-state index is -0.398. The second-order valence-electron chi connectivity index (χ2n) is 5.53. The van der Waals surface area contributed by atoms with Crippen LogP contribution in [0.3, 0.4) is 0 Å². The minimum Gasteiger partial charge on any atom is -0.497 e. The Balaban J connectivity index is 1.84. The molecule has 0 amide bonds. The molecule has 0 unspecified atom stereocenters. The Kier molecular flexibility index (Phi) is 5.09. The van der Waals surface area contributed by atoms with Crippen molar-refractivity contribution in [3.05, 3.63) is 70.1 Å². The first-order chi connectivity index (χ1) is 12.0. The molecule has 0 saturated heterocycles. The molecule has 0 bridgehead atoms. The van der Waals surface area contributed by atoms with Crippen molar-refractivity contribution >= 4 is 33.6 Å². The van der Waals surface area contributed by atoms with Crippen LogP contribution in [0.2, 0.25) is 0 Å². The molecule has 6 heteroatoms. The fourth-order valence-corrected chi connectivity index (χ4v) is 3.18. The summed E-state index contributed by atoms with van der Waals surface area (Å²) in [5, 5.41) is 1.30. The molecule has 0 saturated carbocycles. The van der Waals surface area contributed by atoms with Crippen molar-refractivity contribution in [3.63, 3.8) is 0 Å². The van der Waals surface area contributed by atoms with Crippen LogP contribution in [0.5, 0.6) is 5.75 Å². The summed E-state index contributed by atoms with van der Waals surface area (Å²) in [7, 11) is 1.57. The Morgan fingerprint density at radius 1 is 1.24 bits per heavy atom. The zero-order chi connectivity index (χ0) is 17.8. The van der Waals surface area contributed by atoms with Gasteiger partial charge in [0.15, 0.2) is 5.17 Å². The van der Waals surface area contributed by atoms with Gasteiger partial charge < -0.3 is 14.9 Å². The van der Waals surface area contributed by atoms with Gasteiger partial charge in [0.25, 0.3) is 0 Å². The molecular formula is C19H18N2O3S. The molecule has 5 nitrogen and oxygen atoms in total. The van der Waals surface area contributed by atoms with E-state index in [2.05, 4.69) is 4.99 Å². The van der Waals surface area contributed by atoms with Crippen molar-refractivity contribution in [2.24, 2.45) is 10.7 Å². The summed E-state index contributed by atoms with van der Waals surface area (Å²) < 4.78 is 10.4. The van der Waals surface area contributed by atoms with E-state index >= 15 is 0 Å². The molecule has 128 valence electrons. The topological polar surface area (TPSA) is 77.8 Å². The van der Waals surface area contributed by atoms with Gasteiger partial charge in [0.2, 0.25) is 0 Å². The van der Waals surface area contributed by atoms with E-state index in [9.17, 15) is 4.79 Å². The van der Waals surface area contributed by atoms with Gasteiger partial charge in [-0.25, -0.2) is 9.79 Å². The van der Waals surface area contributed by atoms with E-state index < -0.39 is 5.63 Å². The van der Waals surface area contributed by atoms with Crippen LogP contribution in [0, 0.1) is 6.92 Å². The third-order valence-corrected chi connectivity index (χ3v) is 4.50. The Morgan fingerprint density at radius 3 is 2.84 bits per heavy atom. The molecule has 2 aromatic carbocycles. The number of aryl methyl sites for hydroxylation is 1. The van der Waals surface area contributed by atoms with Gasteiger partial charge in [0.05, 0.1) is 12.8 Å². The average Bonchev–Trinajstić information content (AvgIpc) is 2.59. The lowest BCUT2D eigenvalue weighted by atomic mass is 10.1. The Labute approximate surface area is 149 Å². The van der Waals surface area contributed by atoms with Crippen molar-refractivity contribution in [2.75, 3.05) is 7.11 Å². The van der Waals surface area contributed by atoms with Gasteiger partial charge in [-0.15, -0.1) is 0 Å². The number of nitrogens with zero attached hydrogens (tertiary/aromatic N) is 1. The van der Waals surface area contributed by atoms with Crippen LogP contribution in [0.1, 0.15) is 11.1 Å². The van der Waals surface area contributed by atoms with Crippen LogP contribution in [-0.4, -0.2) is 12.3 Å². The van der Waals surface area contributed by atoms with Crippen molar-refractivity contribution < 1.29 is 9.15 Å². The number of hydrogen-bond acceptors (Lipinski definition) is 5. The maximum Gasteiger partial charge on any atom is 0.336 e. The number of methoxy groups -OCH3 is 1. The summed E-state index contributed by atoms with van der Waals surface area (Å²) in [5.41, 5.74) is 8.91. The zero-order valence-corrected chi connectivity index (χ0v) is 14.8. The third-order valence-electron chi connectivity index (χ3n) is 3.65. The van der Waals surface area contributed by atoms with Crippen molar-refractivity contribution in [2.45, 2.75) is 12.7 Å². The Bertz CT molecular complexity index is 995. The molecule has 0 aliphatic rings. The third kappa shape index (κ3) is 4.22. The van der Waals surface area contributed by atoms with E-state index in [-0.39, 0.29) is 0 Å². The Hall–Kier alpha value is -2.73. The number of ether oxygens (including phenoxy) is 1. The van der Waals surface area contributed by atoms with Crippen LogP contribution >= 0.6 is 11.8 Å². The first kappa shape index (κ1) is 17.1. The molecule has 0 radical (unpaired) electrons. The molecule has 3 rings (SSSR count). The molecule has 0 atom stereocenters. The van der Waals surface area contributed by atoms with E-state index in [1.54, 1.807) is 13.2 Å². The minimum absolute atomic E-state index is 0.398. The second kappa shape index (κ2) is 7.44. The summed E-state index contributed by atoms with van der Waals surface area (Å²) in [6.45, 7) is 2.01. The normalized spacial score (nSPS) is 11.7. The highest BCUT2D eigenvalue weighted by atomic mass is 32.2. The van der Waals surface area contributed by atoms with E-state index in [1.165, 1.54) is 17.8 Å². The number of nitrogens with two attached hydrogens (primary N) is 1. The highest BCUT2D eigenvalue weighted by Gasteiger charge is 2.08. The van der Waals surface area contributed by atoms with E-state index in [0.29, 0.717) is 22.3 Å². The van der Waals surface area contributed by atoms with Crippen LogP contribution in [0.15, 0.2) is 62.7 Å². The molecule has 25 heavy (non-hydrogen) atoms. The van der Waals surface area contributed by atoms with Gasteiger partial charge >= 0.3 is 5.63 Å². The van der Waals surface area contributed by atoms with Crippen LogP contribution < -0.4 is 16.1 Å². The van der Waals surface area contributed by atoms with Gasteiger partial charge in [-0.05, 0) is 42.3 Å².